The molecule has 6 nitrogen and oxygen atoms in total. The summed E-state index contributed by atoms with van der Waals surface area (Å²) >= 11 is 0. The number of hydrogen-bond acceptors (Lipinski definition) is 4. The van der Waals surface area contributed by atoms with Crippen LogP contribution in [0.25, 0.3) is 0 Å². The van der Waals surface area contributed by atoms with Crippen LogP contribution in [0.1, 0.15) is 27.7 Å². The molecule has 1 fully saturated rings. The second kappa shape index (κ2) is 5.81. The van der Waals surface area contributed by atoms with Crippen LogP contribution in [0.2, 0.25) is 0 Å². The van der Waals surface area contributed by atoms with Gasteiger partial charge < -0.3 is 24.7 Å². The molecule has 0 radical (unpaired) electrons. The fourth-order valence-corrected chi connectivity index (χ4v) is 2.12. The monoisotopic (exact) mass is 306 g/mol. The summed E-state index contributed by atoms with van der Waals surface area (Å²) in [5.74, 6) is 0.552. The number of carbonyl (C=O) groups is 1. The lowest BCUT2D eigenvalue weighted by atomic mass is 9.79. The first-order valence-corrected chi connectivity index (χ1v) is 7.22. The highest BCUT2D eigenvalue weighted by Crippen LogP contribution is 2.37. The minimum Gasteiger partial charge on any atom is -0.495 e. The topological polar surface area (TPSA) is 68.8 Å². The van der Waals surface area contributed by atoms with Crippen LogP contribution in [0.15, 0.2) is 18.2 Å². The molecule has 1 saturated heterocycles. The van der Waals surface area contributed by atoms with Gasteiger partial charge in [0.2, 0.25) is 0 Å². The van der Waals surface area contributed by atoms with Crippen LogP contribution < -0.4 is 20.8 Å². The average molecular weight is 306 g/mol. The minimum absolute atomic E-state index is 0.304. The molecule has 7 heteroatoms. The molecule has 0 saturated carbocycles. The van der Waals surface area contributed by atoms with Crippen molar-refractivity contribution in [2.24, 2.45) is 0 Å². The number of anilines is 1. The molecular weight excluding hydrogens is 283 g/mol. The lowest BCUT2D eigenvalue weighted by Crippen LogP contribution is -2.41. The zero-order chi connectivity index (χ0) is 16.5. The Hall–Kier alpha value is -1.73. The maximum Gasteiger partial charge on any atom is 0.494 e. The number of carbonyl (C=O) groups excluding carboxylic acids is 1. The molecule has 0 aromatic heterocycles. The van der Waals surface area contributed by atoms with Crippen molar-refractivity contribution < 1.29 is 18.8 Å². The molecule has 2 amide bonds. The highest BCUT2D eigenvalue weighted by molar-refractivity contribution is 6.62. The molecule has 0 atom stereocenters. The van der Waals surface area contributed by atoms with Crippen molar-refractivity contribution in [2.45, 2.75) is 38.9 Å². The van der Waals surface area contributed by atoms with Crippen LogP contribution >= 0.6 is 0 Å². The second-order valence-corrected chi connectivity index (χ2v) is 6.25. The van der Waals surface area contributed by atoms with Gasteiger partial charge in [-0.25, -0.2) is 4.79 Å². The first-order valence-electron chi connectivity index (χ1n) is 7.22. The molecule has 2 rings (SSSR count). The SMILES string of the molecule is CNC(=O)Nc1ccc(B2OC(C)(C)C(C)(C)O2)cc1OC. The number of amides is 2. The van der Waals surface area contributed by atoms with Crippen molar-refractivity contribution in [2.75, 3.05) is 19.5 Å². The highest BCUT2D eigenvalue weighted by atomic mass is 16.7. The molecular formula is C15H23BN2O4. The smallest absolute Gasteiger partial charge is 0.494 e. The summed E-state index contributed by atoms with van der Waals surface area (Å²) in [6.45, 7) is 8.02. The quantitative estimate of drug-likeness (QED) is 0.835. The minimum atomic E-state index is -0.465. The third kappa shape index (κ3) is 3.05. The molecule has 1 aliphatic heterocycles. The maximum absolute atomic E-state index is 11.4. The van der Waals surface area contributed by atoms with E-state index in [1.807, 2.05) is 39.8 Å². The summed E-state index contributed by atoms with van der Waals surface area (Å²) < 4.78 is 17.4. The van der Waals surface area contributed by atoms with Crippen molar-refractivity contribution >= 4 is 24.3 Å². The van der Waals surface area contributed by atoms with Gasteiger partial charge in [-0.15, -0.1) is 0 Å². The Morgan fingerprint density at radius 3 is 2.27 bits per heavy atom. The van der Waals surface area contributed by atoms with Gasteiger partial charge in [0.15, 0.2) is 0 Å². The van der Waals surface area contributed by atoms with Crippen LogP contribution in [-0.4, -0.2) is 38.5 Å². The summed E-state index contributed by atoms with van der Waals surface area (Å²) in [6.07, 6.45) is 0. The molecule has 0 spiro atoms. The van der Waals surface area contributed by atoms with Crippen LogP contribution in [0.5, 0.6) is 5.75 Å². The van der Waals surface area contributed by atoms with E-state index >= 15 is 0 Å². The Morgan fingerprint density at radius 1 is 1.18 bits per heavy atom. The third-order valence-corrected chi connectivity index (χ3v) is 4.23. The van der Waals surface area contributed by atoms with E-state index in [9.17, 15) is 4.79 Å². The Balaban J connectivity index is 2.26. The van der Waals surface area contributed by atoms with Gasteiger partial charge in [-0.05, 0) is 45.3 Å². The number of urea groups is 1. The molecule has 1 aromatic carbocycles. The molecule has 22 heavy (non-hydrogen) atoms. The van der Waals surface area contributed by atoms with Gasteiger partial charge in [0, 0.05) is 7.05 Å². The number of ether oxygens (including phenoxy) is 1. The van der Waals surface area contributed by atoms with Crippen molar-refractivity contribution in [3.8, 4) is 5.75 Å². The van der Waals surface area contributed by atoms with E-state index in [1.165, 1.54) is 0 Å². The van der Waals surface area contributed by atoms with Crippen LogP contribution in [0.4, 0.5) is 10.5 Å². The van der Waals surface area contributed by atoms with E-state index in [1.54, 1.807) is 20.2 Å². The van der Waals surface area contributed by atoms with E-state index in [-0.39, 0.29) is 6.03 Å². The van der Waals surface area contributed by atoms with Gasteiger partial charge in [-0.2, -0.15) is 0 Å². The first kappa shape index (κ1) is 16.6. The van der Waals surface area contributed by atoms with Crippen LogP contribution in [0.3, 0.4) is 0 Å². The summed E-state index contributed by atoms with van der Waals surface area (Å²) in [5, 5.41) is 5.21. The third-order valence-electron chi connectivity index (χ3n) is 4.23. The van der Waals surface area contributed by atoms with Gasteiger partial charge in [0.1, 0.15) is 5.75 Å². The second-order valence-electron chi connectivity index (χ2n) is 6.25. The summed E-state index contributed by atoms with van der Waals surface area (Å²) in [6, 6.07) is 5.14. The predicted molar refractivity (Wildman–Crippen MR) is 86.8 cm³/mol. The Morgan fingerprint density at radius 2 is 1.77 bits per heavy atom. The molecule has 1 heterocycles. The zero-order valence-electron chi connectivity index (χ0n) is 13.9. The fourth-order valence-electron chi connectivity index (χ4n) is 2.12. The average Bonchev–Trinajstić information content (AvgIpc) is 2.67. The van der Waals surface area contributed by atoms with E-state index in [0.717, 1.165) is 5.46 Å². The molecule has 0 unspecified atom stereocenters. The first-order chi connectivity index (χ1) is 10.2. The van der Waals surface area contributed by atoms with Crippen molar-refractivity contribution in [3.05, 3.63) is 18.2 Å². The van der Waals surface area contributed by atoms with Gasteiger partial charge in [0.25, 0.3) is 0 Å². The number of rotatable bonds is 3. The van der Waals surface area contributed by atoms with Crippen molar-refractivity contribution in [3.63, 3.8) is 0 Å². The molecule has 0 aliphatic carbocycles. The number of nitrogens with one attached hydrogen (secondary N) is 2. The van der Waals surface area contributed by atoms with Crippen LogP contribution in [-0.2, 0) is 9.31 Å². The van der Waals surface area contributed by atoms with Gasteiger partial charge in [-0.3, -0.25) is 0 Å². The van der Waals surface area contributed by atoms with Gasteiger partial charge in [-0.1, -0.05) is 6.07 Å². The Bertz CT molecular complexity index is 559. The lowest BCUT2D eigenvalue weighted by Gasteiger charge is -2.32. The summed E-state index contributed by atoms with van der Waals surface area (Å²) in [4.78, 5) is 11.4. The zero-order valence-corrected chi connectivity index (χ0v) is 13.9. The van der Waals surface area contributed by atoms with Crippen LogP contribution in [0, 0.1) is 0 Å². The number of hydrogen-bond donors (Lipinski definition) is 2. The predicted octanol–water partition coefficient (Wildman–Crippen LogP) is 1.75. The fraction of sp³-hybridized carbons (Fsp3) is 0.533. The lowest BCUT2D eigenvalue weighted by molar-refractivity contribution is 0.00578. The number of benzene rings is 1. The standard InChI is InChI=1S/C15H23BN2O4/c1-14(2)15(3,4)22-16(21-14)10-7-8-11(12(9-10)20-6)18-13(19)17-5/h7-9H,1-6H3,(H2,17,18,19). The molecule has 0 bridgehead atoms. The Labute approximate surface area is 131 Å². The van der Waals surface area contributed by atoms with Crippen molar-refractivity contribution in [1.29, 1.82) is 0 Å². The molecule has 1 aromatic rings. The molecule has 120 valence electrons. The van der Waals surface area contributed by atoms with Crippen molar-refractivity contribution in [1.82, 2.24) is 5.32 Å². The van der Waals surface area contributed by atoms with Gasteiger partial charge >= 0.3 is 13.1 Å². The summed E-state index contributed by atoms with van der Waals surface area (Å²) in [7, 11) is 2.65. The van der Waals surface area contributed by atoms with E-state index in [2.05, 4.69) is 10.6 Å². The maximum atomic E-state index is 11.4. The van der Waals surface area contributed by atoms with E-state index in [4.69, 9.17) is 14.0 Å². The Kier molecular flexibility index (Phi) is 4.40. The summed E-state index contributed by atoms with van der Waals surface area (Å²) in [5.41, 5.74) is 0.633. The largest absolute Gasteiger partial charge is 0.495 e. The van der Waals surface area contributed by atoms with E-state index in [0.29, 0.717) is 11.4 Å². The molecule has 1 aliphatic rings. The number of methoxy groups -OCH3 is 1. The molecule has 2 N–H and O–H groups in total. The van der Waals surface area contributed by atoms with Gasteiger partial charge in [0.05, 0.1) is 24.0 Å². The normalized spacial score (nSPS) is 18.9. The van der Waals surface area contributed by atoms with E-state index < -0.39 is 18.3 Å². The highest BCUT2D eigenvalue weighted by Gasteiger charge is 2.51.